The Bertz CT molecular complexity index is 913. The van der Waals surface area contributed by atoms with Gasteiger partial charge in [0.05, 0.1) is 11.3 Å². The molecule has 0 amide bonds. The topological polar surface area (TPSA) is 36.7 Å². The van der Waals surface area contributed by atoms with Crippen molar-refractivity contribution in [2.75, 3.05) is 0 Å². The highest BCUT2D eigenvalue weighted by atomic mass is 32.1. The first-order chi connectivity index (χ1) is 11.8. The zero-order chi connectivity index (χ0) is 16.8. The van der Waals surface area contributed by atoms with Crippen LogP contribution in [0.5, 0.6) is 0 Å². The number of thiazole rings is 1. The molecule has 0 aliphatic rings. The highest BCUT2D eigenvalue weighted by Crippen LogP contribution is 2.26. The predicted octanol–water partition coefficient (Wildman–Crippen LogP) is 5.82. The summed E-state index contributed by atoms with van der Waals surface area (Å²) in [7, 11) is 0. The zero-order valence-electron chi connectivity index (χ0n) is 13.3. The van der Waals surface area contributed by atoms with Gasteiger partial charge in [-0.05, 0) is 24.1 Å². The zero-order valence-corrected chi connectivity index (χ0v) is 14.1. The maximum Gasteiger partial charge on any atom is 0.134 e. The lowest BCUT2D eigenvalue weighted by Gasteiger charge is -1.97. The Balaban J connectivity index is 1.88. The third-order valence-corrected chi connectivity index (χ3v) is 4.37. The van der Waals surface area contributed by atoms with Crippen molar-refractivity contribution < 1.29 is 0 Å². The molecule has 0 fully saturated rings. The van der Waals surface area contributed by atoms with Crippen LogP contribution < -0.4 is 0 Å². The molecule has 0 saturated carbocycles. The van der Waals surface area contributed by atoms with E-state index < -0.39 is 0 Å². The van der Waals surface area contributed by atoms with E-state index in [1.165, 1.54) is 11.3 Å². The van der Waals surface area contributed by atoms with Crippen molar-refractivity contribution in [1.29, 1.82) is 5.26 Å². The van der Waals surface area contributed by atoms with Gasteiger partial charge in [-0.2, -0.15) is 5.26 Å². The summed E-state index contributed by atoms with van der Waals surface area (Å²) in [5, 5.41) is 12.2. The van der Waals surface area contributed by atoms with Crippen LogP contribution in [0.25, 0.3) is 22.9 Å². The summed E-state index contributed by atoms with van der Waals surface area (Å²) < 4.78 is 0. The molecular weight excluding hydrogens is 312 g/mol. The van der Waals surface area contributed by atoms with Crippen LogP contribution in [0.4, 0.5) is 0 Å². The highest BCUT2D eigenvalue weighted by Gasteiger charge is 2.08. The van der Waals surface area contributed by atoms with Gasteiger partial charge in [-0.3, -0.25) is 0 Å². The first-order valence-electron chi connectivity index (χ1n) is 7.63. The van der Waals surface area contributed by atoms with Crippen LogP contribution in [0.3, 0.4) is 0 Å². The monoisotopic (exact) mass is 328 g/mol. The molecule has 116 valence electrons. The SMILES string of the molecule is CC(=Cc1ccccc1)C=C(C#N)c1nc(-c2ccccc2)cs1. The molecule has 1 aromatic heterocycles. The van der Waals surface area contributed by atoms with E-state index in [4.69, 9.17) is 0 Å². The van der Waals surface area contributed by atoms with Gasteiger partial charge in [-0.1, -0.05) is 66.7 Å². The Morgan fingerprint density at radius 3 is 2.38 bits per heavy atom. The molecule has 0 spiro atoms. The molecule has 0 saturated heterocycles. The van der Waals surface area contributed by atoms with Crippen molar-refractivity contribution in [3.05, 3.63) is 88.3 Å². The van der Waals surface area contributed by atoms with E-state index in [2.05, 4.69) is 17.1 Å². The maximum absolute atomic E-state index is 9.50. The third-order valence-electron chi connectivity index (χ3n) is 3.49. The van der Waals surface area contributed by atoms with Gasteiger partial charge < -0.3 is 0 Å². The average Bonchev–Trinajstić information content (AvgIpc) is 3.11. The number of nitrogens with zero attached hydrogens (tertiary/aromatic N) is 2. The van der Waals surface area contributed by atoms with E-state index in [1.807, 2.05) is 79.0 Å². The number of nitriles is 1. The van der Waals surface area contributed by atoms with Crippen LogP contribution in [-0.2, 0) is 0 Å². The second-order valence-corrected chi connectivity index (χ2v) is 6.23. The van der Waals surface area contributed by atoms with Crippen molar-refractivity contribution in [3.8, 4) is 17.3 Å². The second kappa shape index (κ2) is 7.54. The lowest BCUT2D eigenvalue weighted by Crippen LogP contribution is -1.83. The molecule has 3 heteroatoms. The first kappa shape index (κ1) is 15.9. The third kappa shape index (κ3) is 3.87. The summed E-state index contributed by atoms with van der Waals surface area (Å²) in [5.41, 5.74) is 4.70. The van der Waals surface area contributed by atoms with Gasteiger partial charge in [-0.25, -0.2) is 4.98 Å². The summed E-state index contributed by atoms with van der Waals surface area (Å²) in [6.45, 7) is 2.00. The number of allylic oxidation sites excluding steroid dienone is 3. The van der Waals surface area contributed by atoms with Gasteiger partial charge in [0.25, 0.3) is 0 Å². The van der Waals surface area contributed by atoms with E-state index in [9.17, 15) is 5.26 Å². The number of hydrogen-bond donors (Lipinski definition) is 0. The van der Waals surface area contributed by atoms with Crippen molar-refractivity contribution in [3.63, 3.8) is 0 Å². The molecule has 0 atom stereocenters. The first-order valence-corrected chi connectivity index (χ1v) is 8.51. The van der Waals surface area contributed by atoms with Gasteiger partial charge in [0.1, 0.15) is 11.1 Å². The molecule has 0 unspecified atom stereocenters. The molecule has 0 radical (unpaired) electrons. The maximum atomic E-state index is 9.50. The lowest BCUT2D eigenvalue weighted by molar-refractivity contribution is 1.36. The second-order valence-electron chi connectivity index (χ2n) is 5.37. The molecular formula is C21H16N2S. The minimum atomic E-state index is 0.590. The van der Waals surface area contributed by atoms with Gasteiger partial charge in [0.15, 0.2) is 0 Å². The van der Waals surface area contributed by atoms with Gasteiger partial charge in [0, 0.05) is 10.9 Å². The molecule has 2 nitrogen and oxygen atoms in total. The fourth-order valence-electron chi connectivity index (χ4n) is 2.36. The van der Waals surface area contributed by atoms with Gasteiger partial charge >= 0.3 is 0 Å². The summed E-state index contributed by atoms with van der Waals surface area (Å²) >= 11 is 1.50. The lowest BCUT2D eigenvalue weighted by atomic mass is 10.1. The largest absolute Gasteiger partial charge is 0.235 e. The van der Waals surface area contributed by atoms with E-state index in [-0.39, 0.29) is 0 Å². The van der Waals surface area contributed by atoms with Crippen molar-refractivity contribution >= 4 is 23.0 Å². The van der Waals surface area contributed by atoms with Crippen LogP contribution >= 0.6 is 11.3 Å². The van der Waals surface area contributed by atoms with E-state index in [1.54, 1.807) is 0 Å². The average molecular weight is 328 g/mol. The van der Waals surface area contributed by atoms with Crippen molar-refractivity contribution in [2.24, 2.45) is 0 Å². The summed E-state index contributed by atoms with van der Waals surface area (Å²) in [5.74, 6) is 0. The van der Waals surface area contributed by atoms with Crippen LogP contribution in [0.1, 0.15) is 17.5 Å². The molecule has 1 heterocycles. The van der Waals surface area contributed by atoms with Crippen LogP contribution in [0.15, 0.2) is 77.7 Å². The molecule has 0 aliphatic carbocycles. The molecule has 0 aliphatic heterocycles. The summed E-state index contributed by atoms with van der Waals surface area (Å²) in [6, 6.07) is 22.3. The Morgan fingerprint density at radius 1 is 1.04 bits per heavy atom. The minimum absolute atomic E-state index is 0.590. The fraction of sp³-hybridized carbons (Fsp3) is 0.0476. The summed E-state index contributed by atoms with van der Waals surface area (Å²) in [4.78, 5) is 4.61. The predicted molar refractivity (Wildman–Crippen MR) is 101 cm³/mol. The molecule has 24 heavy (non-hydrogen) atoms. The molecule has 3 rings (SSSR count). The Kier molecular flexibility index (Phi) is 5.00. The molecule has 2 aromatic carbocycles. The van der Waals surface area contributed by atoms with E-state index in [0.29, 0.717) is 5.57 Å². The Hall–Kier alpha value is -2.96. The number of rotatable bonds is 4. The van der Waals surface area contributed by atoms with E-state index in [0.717, 1.165) is 27.4 Å². The number of aromatic nitrogens is 1. The molecule has 0 N–H and O–H groups in total. The van der Waals surface area contributed by atoms with Crippen molar-refractivity contribution in [1.82, 2.24) is 4.98 Å². The number of hydrogen-bond acceptors (Lipinski definition) is 3. The van der Waals surface area contributed by atoms with Crippen molar-refractivity contribution in [2.45, 2.75) is 6.92 Å². The Morgan fingerprint density at radius 2 is 1.71 bits per heavy atom. The molecule has 0 bridgehead atoms. The van der Waals surface area contributed by atoms with Crippen LogP contribution in [0.2, 0.25) is 0 Å². The minimum Gasteiger partial charge on any atom is -0.235 e. The van der Waals surface area contributed by atoms with Crippen LogP contribution in [-0.4, -0.2) is 4.98 Å². The fourth-order valence-corrected chi connectivity index (χ4v) is 3.16. The normalized spacial score (nSPS) is 12.0. The summed E-state index contributed by atoms with van der Waals surface area (Å²) in [6.07, 6.45) is 3.95. The smallest absolute Gasteiger partial charge is 0.134 e. The van der Waals surface area contributed by atoms with Crippen LogP contribution in [0, 0.1) is 11.3 Å². The van der Waals surface area contributed by atoms with Gasteiger partial charge in [0.2, 0.25) is 0 Å². The number of benzene rings is 2. The molecule has 3 aromatic rings. The highest BCUT2D eigenvalue weighted by molar-refractivity contribution is 7.11. The van der Waals surface area contributed by atoms with E-state index >= 15 is 0 Å². The standard InChI is InChI=1S/C21H16N2S/c1-16(12-17-8-4-2-5-9-17)13-19(14-22)21-23-20(15-24-21)18-10-6-3-7-11-18/h2-13,15H,1H3. The quantitative estimate of drug-likeness (QED) is 0.447. The van der Waals surface area contributed by atoms with Gasteiger partial charge in [-0.15, -0.1) is 11.3 Å². The Labute approximate surface area is 146 Å².